The van der Waals surface area contributed by atoms with E-state index in [9.17, 15) is 18.0 Å². The minimum atomic E-state index is -4.74. The predicted molar refractivity (Wildman–Crippen MR) is 64.9 cm³/mol. The van der Waals surface area contributed by atoms with Crippen LogP contribution in [0.3, 0.4) is 0 Å². The number of alkyl carbamates (subject to hydrolysis) is 1. The van der Waals surface area contributed by atoms with Crippen LogP contribution in [-0.2, 0) is 4.74 Å². The van der Waals surface area contributed by atoms with E-state index in [4.69, 9.17) is 12.2 Å². The molecule has 0 heterocycles. The van der Waals surface area contributed by atoms with Crippen molar-refractivity contribution >= 4 is 29.1 Å². The summed E-state index contributed by atoms with van der Waals surface area (Å²) in [6.07, 6.45) is -5.49. The molecule has 0 atom stereocenters. The molecule has 104 valence electrons. The quantitative estimate of drug-likeness (QED) is 0.821. The molecule has 1 rings (SSSR count). The number of anilines is 1. The maximum absolute atomic E-state index is 11.9. The van der Waals surface area contributed by atoms with Gasteiger partial charge < -0.3 is 14.8 Å². The number of alkyl halides is 3. The molecule has 0 aliphatic heterocycles. The second-order valence-electron chi connectivity index (χ2n) is 3.14. The van der Waals surface area contributed by atoms with E-state index >= 15 is 0 Å². The van der Waals surface area contributed by atoms with Gasteiger partial charge in [-0.15, -0.1) is 13.2 Å². The molecular formula is C10H9F3N2O3S. The van der Waals surface area contributed by atoms with Crippen LogP contribution in [0.4, 0.5) is 23.7 Å². The van der Waals surface area contributed by atoms with Crippen molar-refractivity contribution in [1.29, 1.82) is 0 Å². The number of amides is 1. The maximum Gasteiger partial charge on any atom is 0.573 e. The van der Waals surface area contributed by atoms with Crippen LogP contribution in [0.25, 0.3) is 0 Å². The van der Waals surface area contributed by atoms with E-state index in [-0.39, 0.29) is 10.9 Å². The molecule has 0 aliphatic rings. The van der Waals surface area contributed by atoms with Crippen molar-refractivity contribution in [2.75, 3.05) is 12.4 Å². The number of nitrogens with one attached hydrogen (secondary N) is 2. The lowest BCUT2D eigenvalue weighted by Crippen LogP contribution is -2.33. The van der Waals surface area contributed by atoms with Crippen LogP contribution in [0.2, 0.25) is 0 Å². The zero-order valence-electron chi connectivity index (χ0n) is 9.58. The van der Waals surface area contributed by atoms with Crippen molar-refractivity contribution in [1.82, 2.24) is 5.32 Å². The summed E-state index contributed by atoms with van der Waals surface area (Å²) in [6, 6.07) is 4.84. The Morgan fingerprint density at radius 1 is 1.26 bits per heavy atom. The normalized spacial score (nSPS) is 10.5. The van der Waals surface area contributed by atoms with Gasteiger partial charge in [0, 0.05) is 5.69 Å². The summed E-state index contributed by atoms with van der Waals surface area (Å²) in [4.78, 5) is 10.8. The number of hydrogen-bond acceptors (Lipinski definition) is 4. The van der Waals surface area contributed by atoms with Gasteiger partial charge in [0.2, 0.25) is 0 Å². The number of hydrogen-bond donors (Lipinski definition) is 2. The summed E-state index contributed by atoms with van der Waals surface area (Å²) in [5.74, 6) is -0.357. The number of thiocarbonyl (C=S) groups is 1. The van der Waals surface area contributed by atoms with Crippen LogP contribution in [0, 0.1) is 0 Å². The summed E-state index contributed by atoms with van der Waals surface area (Å²) >= 11 is 4.76. The highest BCUT2D eigenvalue weighted by molar-refractivity contribution is 7.80. The van der Waals surface area contributed by atoms with Gasteiger partial charge in [-0.3, -0.25) is 5.32 Å². The van der Waals surface area contributed by atoms with Crippen LogP contribution in [0.1, 0.15) is 0 Å². The van der Waals surface area contributed by atoms with Crippen molar-refractivity contribution in [2.24, 2.45) is 0 Å². The van der Waals surface area contributed by atoms with Crippen LogP contribution >= 0.6 is 12.2 Å². The molecule has 2 N–H and O–H groups in total. The Balaban J connectivity index is 2.57. The average Bonchev–Trinajstić information content (AvgIpc) is 2.29. The van der Waals surface area contributed by atoms with Crippen molar-refractivity contribution in [3.63, 3.8) is 0 Å². The molecule has 0 saturated heterocycles. The number of ether oxygens (including phenoxy) is 2. The number of benzene rings is 1. The molecular weight excluding hydrogens is 285 g/mol. The first kappa shape index (κ1) is 15.0. The molecule has 0 bridgehead atoms. The molecule has 0 aromatic heterocycles. The van der Waals surface area contributed by atoms with Crippen molar-refractivity contribution < 1.29 is 27.4 Å². The molecule has 1 amide bonds. The number of carbonyl (C=O) groups excluding carboxylic acids is 1. The largest absolute Gasteiger partial charge is 0.573 e. The number of methoxy groups -OCH3 is 1. The predicted octanol–water partition coefficient (Wildman–Crippen LogP) is 2.64. The molecule has 0 spiro atoms. The van der Waals surface area contributed by atoms with Gasteiger partial charge in [0.25, 0.3) is 0 Å². The monoisotopic (exact) mass is 294 g/mol. The van der Waals surface area contributed by atoms with Gasteiger partial charge in [-0.2, -0.15) is 0 Å². The summed E-state index contributed by atoms with van der Waals surface area (Å²) in [5.41, 5.74) is 0.385. The van der Waals surface area contributed by atoms with Crippen LogP contribution in [-0.4, -0.2) is 24.7 Å². The van der Waals surface area contributed by atoms with Crippen LogP contribution < -0.4 is 15.4 Å². The van der Waals surface area contributed by atoms with Gasteiger partial charge in [0.15, 0.2) is 5.11 Å². The van der Waals surface area contributed by atoms with Gasteiger partial charge in [-0.1, -0.05) is 0 Å². The fraction of sp³-hybridized carbons (Fsp3) is 0.200. The standard InChI is InChI=1S/C10H9F3N2O3S/c1-17-9(16)15-8(19)14-6-2-4-7(5-3-6)18-10(11,12)13/h2-5H,1H3,(H2,14,15,16,19). The van der Waals surface area contributed by atoms with E-state index in [1.165, 1.54) is 19.2 Å². The lowest BCUT2D eigenvalue weighted by Gasteiger charge is -2.11. The fourth-order valence-corrected chi connectivity index (χ4v) is 1.25. The Morgan fingerprint density at radius 2 is 1.84 bits per heavy atom. The minimum Gasteiger partial charge on any atom is -0.453 e. The van der Waals surface area contributed by atoms with E-state index in [0.29, 0.717) is 5.69 Å². The molecule has 0 unspecified atom stereocenters. The van der Waals surface area contributed by atoms with Gasteiger partial charge >= 0.3 is 12.5 Å². The van der Waals surface area contributed by atoms with Gasteiger partial charge in [0.05, 0.1) is 7.11 Å². The summed E-state index contributed by atoms with van der Waals surface area (Å²) in [7, 11) is 1.17. The highest BCUT2D eigenvalue weighted by atomic mass is 32.1. The van der Waals surface area contributed by atoms with E-state index in [1.807, 2.05) is 0 Å². The number of rotatable bonds is 2. The molecule has 1 aromatic carbocycles. The number of carbonyl (C=O) groups is 1. The summed E-state index contributed by atoms with van der Waals surface area (Å²) in [5, 5.41) is 4.71. The fourth-order valence-electron chi connectivity index (χ4n) is 1.05. The lowest BCUT2D eigenvalue weighted by atomic mass is 10.3. The SMILES string of the molecule is COC(=O)NC(=S)Nc1ccc(OC(F)(F)F)cc1. The molecule has 0 aliphatic carbocycles. The average molecular weight is 294 g/mol. The molecule has 5 nitrogen and oxygen atoms in total. The van der Waals surface area contributed by atoms with Gasteiger partial charge in [-0.05, 0) is 36.5 Å². The van der Waals surface area contributed by atoms with Crippen LogP contribution in [0.5, 0.6) is 5.75 Å². The summed E-state index contributed by atoms with van der Waals surface area (Å²) in [6.45, 7) is 0. The third kappa shape index (κ3) is 5.91. The molecule has 9 heteroatoms. The number of halogens is 3. The first-order chi connectivity index (χ1) is 8.80. The molecule has 0 saturated carbocycles. The van der Waals surface area contributed by atoms with Crippen molar-refractivity contribution in [3.05, 3.63) is 24.3 Å². The second kappa shape index (κ2) is 6.23. The highest BCUT2D eigenvalue weighted by Crippen LogP contribution is 2.23. The first-order valence-electron chi connectivity index (χ1n) is 4.82. The van der Waals surface area contributed by atoms with Crippen molar-refractivity contribution in [3.8, 4) is 5.75 Å². The van der Waals surface area contributed by atoms with Gasteiger partial charge in [0.1, 0.15) is 5.75 Å². The van der Waals surface area contributed by atoms with E-state index in [2.05, 4.69) is 20.1 Å². The third-order valence-electron chi connectivity index (χ3n) is 1.75. The molecule has 19 heavy (non-hydrogen) atoms. The van der Waals surface area contributed by atoms with Gasteiger partial charge in [-0.25, -0.2) is 4.79 Å². The Kier molecular flexibility index (Phi) is 4.93. The van der Waals surface area contributed by atoms with E-state index in [0.717, 1.165) is 12.1 Å². The second-order valence-corrected chi connectivity index (χ2v) is 3.55. The maximum atomic E-state index is 11.9. The third-order valence-corrected chi connectivity index (χ3v) is 1.95. The highest BCUT2D eigenvalue weighted by Gasteiger charge is 2.30. The topological polar surface area (TPSA) is 59.6 Å². The van der Waals surface area contributed by atoms with Crippen LogP contribution in [0.15, 0.2) is 24.3 Å². The smallest absolute Gasteiger partial charge is 0.453 e. The molecule has 0 fully saturated rings. The Bertz CT molecular complexity index is 462. The zero-order chi connectivity index (χ0) is 14.5. The van der Waals surface area contributed by atoms with E-state index < -0.39 is 12.5 Å². The first-order valence-corrected chi connectivity index (χ1v) is 5.23. The molecule has 1 aromatic rings. The Morgan fingerprint density at radius 3 is 2.32 bits per heavy atom. The summed E-state index contributed by atoms with van der Waals surface area (Å²) < 4.78 is 43.7. The Labute approximate surface area is 111 Å². The minimum absolute atomic E-state index is 0.0451. The van der Waals surface area contributed by atoms with E-state index in [1.54, 1.807) is 0 Å². The zero-order valence-corrected chi connectivity index (χ0v) is 10.4. The van der Waals surface area contributed by atoms with Crippen molar-refractivity contribution in [2.45, 2.75) is 6.36 Å². The molecule has 0 radical (unpaired) electrons. The Hall–Kier alpha value is -2.03. The lowest BCUT2D eigenvalue weighted by molar-refractivity contribution is -0.274.